The lowest BCUT2D eigenvalue weighted by molar-refractivity contribution is -0.905. The first-order chi connectivity index (χ1) is 5.99. The van der Waals surface area contributed by atoms with E-state index >= 15 is 0 Å². The number of nitrogens with zero attached hydrogens (tertiary/aromatic N) is 2. The number of amides is 1. The molecule has 1 aromatic rings. The minimum Gasteiger partial charge on any atom is -0.264 e. The van der Waals surface area contributed by atoms with Crippen molar-refractivity contribution in [3.63, 3.8) is 0 Å². The van der Waals surface area contributed by atoms with Gasteiger partial charge in [-0.15, -0.1) is 0 Å². The van der Waals surface area contributed by atoms with E-state index in [1.165, 1.54) is 0 Å². The van der Waals surface area contributed by atoms with E-state index in [9.17, 15) is 4.79 Å². The maximum absolute atomic E-state index is 11.5. The molecule has 1 rings (SSSR count). The summed E-state index contributed by atoms with van der Waals surface area (Å²) in [5.41, 5.74) is 3.37. The third kappa shape index (κ3) is 3.21. The molecular weight excluding hydrogens is 166 g/mol. The van der Waals surface area contributed by atoms with Crippen LogP contribution in [0.15, 0.2) is 24.5 Å². The summed E-state index contributed by atoms with van der Waals surface area (Å²) in [5, 5.41) is 0. The van der Waals surface area contributed by atoms with Crippen molar-refractivity contribution in [2.75, 3.05) is 21.1 Å². The highest BCUT2D eigenvalue weighted by atomic mass is 16.2. The largest absolute Gasteiger partial charge is 0.297 e. The van der Waals surface area contributed by atoms with Gasteiger partial charge in [0.1, 0.15) is 0 Å². The van der Waals surface area contributed by atoms with E-state index in [0.717, 1.165) is 0 Å². The smallest absolute Gasteiger partial charge is 0.264 e. The van der Waals surface area contributed by atoms with Crippen LogP contribution >= 0.6 is 0 Å². The van der Waals surface area contributed by atoms with Crippen LogP contribution in [0, 0.1) is 0 Å². The van der Waals surface area contributed by atoms with Gasteiger partial charge in [-0.2, -0.15) is 5.43 Å². The zero-order chi connectivity index (χ0) is 9.90. The van der Waals surface area contributed by atoms with E-state index in [1.54, 1.807) is 24.5 Å². The molecule has 4 heteroatoms. The highest BCUT2D eigenvalue weighted by Crippen LogP contribution is 1.96. The van der Waals surface area contributed by atoms with Gasteiger partial charge in [0.15, 0.2) is 0 Å². The van der Waals surface area contributed by atoms with Crippen molar-refractivity contribution in [1.82, 2.24) is 10.4 Å². The van der Waals surface area contributed by atoms with Gasteiger partial charge in [-0.05, 0) is 12.1 Å². The van der Waals surface area contributed by atoms with E-state index in [1.807, 2.05) is 21.1 Å². The maximum Gasteiger partial charge on any atom is 0.297 e. The zero-order valence-electron chi connectivity index (χ0n) is 8.11. The molecule has 0 atom stereocenters. The Morgan fingerprint density at radius 1 is 1.46 bits per heavy atom. The lowest BCUT2D eigenvalue weighted by Crippen LogP contribution is -2.51. The van der Waals surface area contributed by atoms with Crippen LogP contribution < -0.4 is 5.43 Å². The maximum atomic E-state index is 11.5. The fraction of sp³-hybridized carbons (Fsp3) is 0.333. The normalized spacial score (nSPS) is 11.0. The van der Waals surface area contributed by atoms with E-state index < -0.39 is 0 Å². The third-order valence-electron chi connectivity index (χ3n) is 1.36. The van der Waals surface area contributed by atoms with Crippen molar-refractivity contribution in [3.05, 3.63) is 30.1 Å². The summed E-state index contributed by atoms with van der Waals surface area (Å²) in [7, 11) is 5.65. The average molecular weight is 180 g/mol. The molecule has 0 radical (unpaired) electrons. The molecule has 4 nitrogen and oxygen atoms in total. The summed E-state index contributed by atoms with van der Waals surface area (Å²) in [5.74, 6) is -0.111. The lowest BCUT2D eigenvalue weighted by atomic mass is 10.3. The predicted octanol–water partition coefficient (Wildman–Crippen LogP) is 0.433. The highest BCUT2D eigenvalue weighted by molar-refractivity contribution is 5.92. The SMILES string of the molecule is C[N+](C)(C)NC(=O)c1cccnc1. The first-order valence-corrected chi connectivity index (χ1v) is 4.03. The molecule has 1 aromatic heterocycles. The summed E-state index contributed by atoms with van der Waals surface area (Å²) in [6.07, 6.45) is 3.19. The van der Waals surface area contributed by atoms with Crippen molar-refractivity contribution in [1.29, 1.82) is 0 Å². The van der Waals surface area contributed by atoms with E-state index in [0.29, 0.717) is 10.2 Å². The molecule has 0 fully saturated rings. The Labute approximate surface area is 77.8 Å². The van der Waals surface area contributed by atoms with Crippen molar-refractivity contribution in [3.8, 4) is 0 Å². The number of aromatic nitrogens is 1. The molecule has 0 unspecified atom stereocenters. The second-order valence-corrected chi connectivity index (χ2v) is 3.70. The molecule has 1 N–H and O–H groups in total. The molecule has 0 aliphatic carbocycles. The van der Waals surface area contributed by atoms with Crippen molar-refractivity contribution < 1.29 is 9.39 Å². The summed E-state index contributed by atoms with van der Waals surface area (Å²) < 4.78 is 0.397. The fourth-order valence-corrected chi connectivity index (χ4v) is 0.866. The van der Waals surface area contributed by atoms with Crippen LogP contribution in [0.2, 0.25) is 0 Å². The number of nitrogens with one attached hydrogen (secondary N) is 1. The van der Waals surface area contributed by atoms with Gasteiger partial charge in [0.2, 0.25) is 0 Å². The molecular formula is C9H14N3O+. The van der Waals surface area contributed by atoms with Crippen molar-refractivity contribution in [2.24, 2.45) is 0 Å². The number of rotatable bonds is 2. The number of quaternary nitrogens is 1. The number of hydrogen-bond donors (Lipinski definition) is 1. The molecule has 1 heterocycles. The summed E-state index contributed by atoms with van der Waals surface area (Å²) in [6, 6.07) is 3.47. The van der Waals surface area contributed by atoms with Gasteiger partial charge >= 0.3 is 0 Å². The average Bonchev–Trinajstić information content (AvgIpc) is 2.03. The molecule has 0 spiro atoms. The standard InChI is InChI=1S/C9H13N3O/c1-12(2,3)11-9(13)8-5-4-6-10-7-8/h4-7H,1-3H3/p+1. The predicted molar refractivity (Wildman–Crippen MR) is 49.7 cm³/mol. The van der Waals surface area contributed by atoms with Crippen LogP contribution in [-0.2, 0) is 0 Å². The minimum absolute atomic E-state index is 0.111. The van der Waals surface area contributed by atoms with Gasteiger partial charge in [0.05, 0.1) is 26.7 Å². The van der Waals surface area contributed by atoms with Gasteiger partial charge in [-0.25, -0.2) is 4.59 Å². The first-order valence-electron chi connectivity index (χ1n) is 4.03. The second kappa shape index (κ2) is 3.53. The molecule has 0 saturated carbocycles. The van der Waals surface area contributed by atoms with Crippen LogP contribution in [0.5, 0.6) is 0 Å². The van der Waals surface area contributed by atoms with Crippen molar-refractivity contribution >= 4 is 5.91 Å². The van der Waals surface area contributed by atoms with E-state index in [-0.39, 0.29) is 5.91 Å². The molecule has 13 heavy (non-hydrogen) atoms. The summed E-state index contributed by atoms with van der Waals surface area (Å²) >= 11 is 0. The topological polar surface area (TPSA) is 42.0 Å². The third-order valence-corrected chi connectivity index (χ3v) is 1.36. The lowest BCUT2D eigenvalue weighted by Gasteiger charge is -2.23. The van der Waals surface area contributed by atoms with Gasteiger partial charge in [-0.3, -0.25) is 9.78 Å². The fourth-order valence-electron chi connectivity index (χ4n) is 0.866. The number of pyridine rings is 1. The second-order valence-electron chi connectivity index (χ2n) is 3.70. The molecule has 0 saturated heterocycles. The van der Waals surface area contributed by atoms with Gasteiger partial charge in [0.25, 0.3) is 5.91 Å². The van der Waals surface area contributed by atoms with Gasteiger partial charge < -0.3 is 0 Å². The molecule has 1 amide bonds. The molecule has 70 valence electrons. The highest BCUT2D eigenvalue weighted by Gasteiger charge is 2.13. The molecule has 0 bridgehead atoms. The van der Waals surface area contributed by atoms with Crippen LogP contribution in [0.25, 0.3) is 0 Å². The molecule has 0 aliphatic rings. The van der Waals surface area contributed by atoms with Crippen LogP contribution in [-0.4, -0.2) is 36.6 Å². The quantitative estimate of drug-likeness (QED) is 0.530. The Morgan fingerprint density at radius 3 is 2.62 bits per heavy atom. The monoisotopic (exact) mass is 180 g/mol. The Morgan fingerprint density at radius 2 is 2.15 bits per heavy atom. The van der Waals surface area contributed by atoms with Crippen LogP contribution in [0.1, 0.15) is 10.4 Å². The van der Waals surface area contributed by atoms with Gasteiger partial charge in [-0.1, -0.05) is 0 Å². The number of hydrogen-bond acceptors (Lipinski definition) is 2. The van der Waals surface area contributed by atoms with Crippen molar-refractivity contribution in [2.45, 2.75) is 0 Å². The van der Waals surface area contributed by atoms with Gasteiger partial charge in [0, 0.05) is 12.4 Å². The summed E-state index contributed by atoms with van der Waals surface area (Å²) in [4.78, 5) is 15.4. The molecule has 0 aromatic carbocycles. The van der Waals surface area contributed by atoms with E-state index in [4.69, 9.17) is 0 Å². The summed E-state index contributed by atoms with van der Waals surface area (Å²) in [6.45, 7) is 0. The first kappa shape index (κ1) is 9.67. The Kier molecular flexibility index (Phi) is 2.63. The Hall–Kier alpha value is -1.42. The minimum atomic E-state index is -0.111. The van der Waals surface area contributed by atoms with E-state index in [2.05, 4.69) is 10.4 Å². The number of carbonyl (C=O) groups excluding carboxylic acids is 1. The molecule has 0 aliphatic heterocycles. The Balaban J connectivity index is 2.71. The number of carbonyl (C=O) groups is 1. The zero-order valence-corrected chi connectivity index (χ0v) is 8.11. The Bertz CT molecular complexity index is 289. The van der Waals surface area contributed by atoms with Crippen LogP contribution in [0.3, 0.4) is 0 Å². The van der Waals surface area contributed by atoms with Crippen LogP contribution in [0.4, 0.5) is 0 Å².